The quantitative estimate of drug-likeness (QED) is 0.493. The Kier molecular flexibility index (Phi) is 2.93. The highest BCUT2D eigenvalue weighted by Crippen LogP contribution is 1.97. The molecule has 0 aliphatic carbocycles. The second-order valence-electron chi connectivity index (χ2n) is 1.93. The molecule has 1 aliphatic rings. The van der Waals surface area contributed by atoms with E-state index in [2.05, 4.69) is 0 Å². The van der Waals surface area contributed by atoms with E-state index in [1.165, 1.54) is 0 Å². The molecule has 1 heterocycles. The molecule has 0 spiro atoms. The predicted molar refractivity (Wildman–Crippen MR) is 30.3 cm³/mol. The Labute approximate surface area is 53.7 Å². The first kappa shape index (κ1) is 6.95. The molecule has 54 valence electrons. The van der Waals surface area contributed by atoms with Crippen molar-refractivity contribution in [3.63, 3.8) is 0 Å². The minimum absolute atomic E-state index is 0.0174. The van der Waals surface area contributed by atoms with Gasteiger partial charge in [-0.3, -0.25) is 0 Å². The van der Waals surface area contributed by atoms with E-state index in [9.17, 15) is 0 Å². The van der Waals surface area contributed by atoms with E-state index >= 15 is 0 Å². The maximum Gasteiger partial charge on any atom is 0.0956 e. The van der Waals surface area contributed by atoms with E-state index in [1.54, 1.807) is 0 Å². The topological polar surface area (TPSA) is 50.7 Å². The van der Waals surface area contributed by atoms with Gasteiger partial charge in [-0.15, -0.1) is 0 Å². The molecule has 0 amide bonds. The van der Waals surface area contributed by atoms with Gasteiger partial charge in [-0.2, -0.15) is 0 Å². The molecule has 0 aromatic carbocycles. The summed E-state index contributed by atoms with van der Waals surface area (Å²) in [6, 6.07) is 0. The van der Waals surface area contributed by atoms with Crippen LogP contribution in [0.4, 0.5) is 0 Å². The number of nitrogens with one attached hydrogen (secondary N) is 1. The van der Waals surface area contributed by atoms with Crippen LogP contribution >= 0.6 is 0 Å². The zero-order valence-corrected chi connectivity index (χ0v) is 5.17. The van der Waals surface area contributed by atoms with Crippen LogP contribution in [0, 0.1) is 0 Å². The van der Waals surface area contributed by atoms with E-state index in [4.69, 9.17) is 14.7 Å². The Morgan fingerprint density at radius 1 is 1.56 bits per heavy atom. The van der Waals surface area contributed by atoms with Crippen molar-refractivity contribution in [2.45, 2.75) is 6.10 Å². The summed E-state index contributed by atoms with van der Waals surface area (Å²) >= 11 is 0. The number of hydrogen-bond donors (Lipinski definition) is 2. The first-order valence-electron chi connectivity index (χ1n) is 3.00. The zero-order chi connectivity index (χ0) is 6.53. The standard InChI is InChI=1S/C5H11NO3/c7-6-3-5-4-8-1-2-9-5/h5-7H,1-4H2. The molecule has 1 rings (SSSR count). The van der Waals surface area contributed by atoms with Gasteiger partial charge in [-0.25, -0.2) is 5.48 Å². The van der Waals surface area contributed by atoms with Gasteiger partial charge in [0.15, 0.2) is 0 Å². The molecule has 1 saturated heterocycles. The van der Waals surface area contributed by atoms with Crippen molar-refractivity contribution in [2.75, 3.05) is 26.4 Å². The van der Waals surface area contributed by atoms with E-state index < -0.39 is 0 Å². The fourth-order valence-electron chi connectivity index (χ4n) is 0.756. The van der Waals surface area contributed by atoms with Gasteiger partial charge >= 0.3 is 0 Å². The maximum atomic E-state index is 8.23. The molecule has 0 aromatic heterocycles. The SMILES string of the molecule is ONCC1COCCO1. The van der Waals surface area contributed by atoms with E-state index in [-0.39, 0.29) is 6.10 Å². The fraction of sp³-hybridized carbons (Fsp3) is 1.00. The highest BCUT2D eigenvalue weighted by Gasteiger charge is 2.12. The Bertz CT molecular complexity index is 69.8. The fourth-order valence-corrected chi connectivity index (χ4v) is 0.756. The van der Waals surface area contributed by atoms with Crippen LogP contribution in [0.5, 0.6) is 0 Å². The zero-order valence-electron chi connectivity index (χ0n) is 5.17. The second kappa shape index (κ2) is 3.79. The minimum Gasteiger partial charge on any atom is -0.376 e. The summed E-state index contributed by atoms with van der Waals surface area (Å²) in [7, 11) is 0. The Morgan fingerprint density at radius 3 is 3.00 bits per heavy atom. The lowest BCUT2D eigenvalue weighted by Crippen LogP contribution is -2.36. The first-order chi connectivity index (χ1) is 4.43. The maximum absolute atomic E-state index is 8.23. The predicted octanol–water partition coefficient (Wildman–Crippen LogP) is -0.619. The molecule has 1 unspecified atom stereocenters. The third-order valence-corrected chi connectivity index (χ3v) is 1.20. The van der Waals surface area contributed by atoms with E-state index in [1.807, 2.05) is 5.48 Å². The Balaban J connectivity index is 2.08. The summed E-state index contributed by atoms with van der Waals surface area (Å²) in [5, 5.41) is 8.23. The molecule has 1 aliphatic heterocycles. The highest BCUT2D eigenvalue weighted by molar-refractivity contribution is 4.60. The van der Waals surface area contributed by atoms with Crippen LogP contribution in [0.25, 0.3) is 0 Å². The Morgan fingerprint density at radius 2 is 2.44 bits per heavy atom. The normalized spacial score (nSPS) is 28.3. The van der Waals surface area contributed by atoms with Crippen molar-refractivity contribution in [1.82, 2.24) is 5.48 Å². The molecule has 0 radical (unpaired) electrons. The smallest absolute Gasteiger partial charge is 0.0956 e. The van der Waals surface area contributed by atoms with Crippen molar-refractivity contribution in [3.8, 4) is 0 Å². The molecule has 4 heteroatoms. The van der Waals surface area contributed by atoms with Crippen molar-refractivity contribution in [1.29, 1.82) is 0 Å². The average Bonchev–Trinajstić information content (AvgIpc) is 1.91. The Hall–Kier alpha value is -0.160. The third kappa shape index (κ3) is 2.28. The molecule has 2 N–H and O–H groups in total. The largest absolute Gasteiger partial charge is 0.376 e. The van der Waals surface area contributed by atoms with Crippen LogP contribution in [-0.2, 0) is 9.47 Å². The lowest BCUT2D eigenvalue weighted by Gasteiger charge is -2.21. The van der Waals surface area contributed by atoms with Crippen LogP contribution in [0.15, 0.2) is 0 Å². The van der Waals surface area contributed by atoms with Gasteiger partial charge in [0.25, 0.3) is 0 Å². The minimum atomic E-state index is 0.0174. The van der Waals surface area contributed by atoms with Gasteiger partial charge < -0.3 is 14.7 Å². The van der Waals surface area contributed by atoms with Crippen LogP contribution in [0.2, 0.25) is 0 Å². The lowest BCUT2D eigenvalue weighted by molar-refractivity contribution is -0.0953. The van der Waals surface area contributed by atoms with Crippen molar-refractivity contribution >= 4 is 0 Å². The highest BCUT2D eigenvalue weighted by atomic mass is 16.6. The van der Waals surface area contributed by atoms with E-state index in [0.717, 1.165) is 0 Å². The summed E-state index contributed by atoms with van der Waals surface area (Å²) in [5.74, 6) is 0. The monoisotopic (exact) mass is 133 g/mol. The summed E-state index contributed by atoms with van der Waals surface area (Å²) in [6.07, 6.45) is 0.0174. The lowest BCUT2D eigenvalue weighted by atomic mass is 10.3. The van der Waals surface area contributed by atoms with Crippen LogP contribution in [0.3, 0.4) is 0 Å². The molecule has 1 atom stereocenters. The van der Waals surface area contributed by atoms with Crippen LogP contribution < -0.4 is 5.48 Å². The van der Waals surface area contributed by atoms with E-state index in [0.29, 0.717) is 26.4 Å². The van der Waals surface area contributed by atoms with Crippen LogP contribution in [0.1, 0.15) is 0 Å². The van der Waals surface area contributed by atoms with Gasteiger partial charge in [-0.1, -0.05) is 0 Å². The molecule has 0 bridgehead atoms. The average molecular weight is 133 g/mol. The third-order valence-electron chi connectivity index (χ3n) is 1.20. The van der Waals surface area contributed by atoms with Gasteiger partial charge in [0.2, 0.25) is 0 Å². The van der Waals surface area contributed by atoms with Crippen molar-refractivity contribution in [3.05, 3.63) is 0 Å². The molecular weight excluding hydrogens is 122 g/mol. The first-order valence-corrected chi connectivity index (χ1v) is 3.00. The summed E-state index contributed by atoms with van der Waals surface area (Å²) < 4.78 is 10.2. The number of hydroxylamine groups is 1. The molecule has 9 heavy (non-hydrogen) atoms. The van der Waals surface area contributed by atoms with Gasteiger partial charge in [0, 0.05) is 6.54 Å². The molecule has 0 saturated carbocycles. The molecular formula is C5H11NO3. The van der Waals surface area contributed by atoms with Gasteiger partial charge in [-0.05, 0) is 0 Å². The summed E-state index contributed by atoms with van der Waals surface area (Å²) in [6.45, 7) is 2.32. The second-order valence-corrected chi connectivity index (χ2v) is 1.93. The summed E-state index contributed by atoms with van der Waals surface area (Å²) in [4.78, 5) is 0. The van der Waals surface area contributed by atoms with Crippen molar-refractivity contribution < 1.29 is 14.7 Å². The van der Waals surface area contributed by atoms with Crippen LogP contribution in [-0.4, -0.2) is 37.7 Å². The van der Waals surface area contributed by atoms with Gasteiger partial charge in [0.05, 0.1) is 25.9 Å². The van der Waals surface area contributed by atoms with Crippen molar-refractivity contribution in [2.24, 2.45) is 0 Å². The number of rotatable bonds is 2. The number of ether oxygens (including phenoxy) is 2. The summed E-state index contributed by atoms with van der Waals surface area (Å²) in [5.41, 5.74) is 2.03. The molecule has 0 aromatic rings. The molecule has 1 fully saturated rings. The molecule has 4 nitrogen and oxygen atoms in total. The number of hydrogen-bond acceptors (Lipinski definition) is 4. The van der Waals surface area contributed by atoms with Gasteiger partial charge in [0.1, 0.15) is 0 Å².